The van der Waals surface area contributed by atoms with E-state index in [2.05, 4.69) is 15.5 Å². The standard InChI is InChI=1S/C14H19N5O3/c1-22-8-4-7-19-11-16-17-12(19)9-15-13(20)10-18-6-3-2-5-14(18)21/h2-3,5-6,11H,4,7-10H2,1H3,(H,15,20). The van der Waals surface area contributed by atoms with E-state index in [0.29, 0.717) is 12.4 Å². The lowest BCUT2D eigenvalue weighted by atomic mass is 10.4. The summed E-state index contributed by atoms with van der Waals surface area (Å²) in [6, 6.07) is 4.76. The van der Waals surface area contributed by atoms with Crippen LogP contribution in [0.1, 0.15) is 12.2 Å². The van der Waals surface area contributed by atoms with Gasteiger partial charge in [0.15, 0.2) is 5.82 Å². The van der Waals surface area contributed by atoms with Crippen molar-refractivity contribution < 1.29 is 9.53 Å². The Hall–Kier alpha value is -2.48. The molecule has 8 nitrogen and oxygen atoms in total. The van der Waals surface area contributed by atoms with Gasteiger partial charge in [0.2, 0.25) is 5.91 Å². The molecule has 1 amide bonds. The summed E-state index contributed by atoms with van der Waals surface area (Å²) in [4.78, 5) is 23.4. The maximum Gasteiger partial charge on any atom is 0.250 e. The lowest BCUT2D eigenvalue weighted by Crippen LogP contribution is -2.32. The van der Waals surface area contributed by atoms with Gasteiger partial charge in [-0.15, -0.1) is 10.2 Å². The van der Waals surface area contributed by atoms with E-state index in [4.69, 9.17) is 4.74 Å². The molecule has 0 aliphatic rings. The molecule has 0 radical (unpaired) electrons. The third kappa shape index (κ3) is 4.52. The van der Waals surface area contributed by atoms with Crippen molar-refractivity contribution in [2.75, 3.05) is 13.7 Å². The minimum atomic E-state index is -0.250. The van der Waals surface area contributed by atoms with Crippen LogP contribution in [-0.2, 0) is 29.2 Å². The van der Waals surface area contributed by atoms with Crippen molar-refractivity contribution in [3.63, 3.8) is 0 Å². The molecule has 2 heterocycles. The van der Waals surface area contributed by atoms with Crippen molar-refractivity contribution in [1.29, 1.82) is 0 Å². The lowest BCUT2D eigenvalue weighted by Gasteiger charge is -2.08. The van der Waals surface area contributed by atoms with Gasteiger partial charge in [0.25, 0.3) is 5.56 Å². The van der Waals surface area contributed by atoms with E-state index in [-0.39, 0.29) is 24.6 Å². The van der Waals surface area contributed by atoms with Crippen LogP contribution in [0.5, 0.6) is 0 Å². The van der Waals surface area contributed by atoms with E-state index < -0.39 is 0 Å². The Morgan fingerprint density at radius 3 is 3.00 bits per heavy atom. The van der Waals surface area contributed by atoms with Crippen LogP contribution < -0.4 is 10.9 Å². The average molecular weight is 305 g/mol. The second-order valence-electron chi connectivity index (χ2n) is 4.73. The molecule has 0 bridgehead atoms. The molecule has 0 aliphatic carbocycles. The number of carbonyl (C=O) groups excluding carboxylic acids is 1. The fourth-order valence-corrected chi connectivity index (χ4v) is 1.96. The highest BCUT2D eigenvalue weighted by atomic mass is 16.5. The number of methoxy groups -OCH3 is 1. The molecule has 0 unspecified atom stereocenters. The quantitative estimate of drug-likeness (QED) is 0.682. The molecule has 0 spiro atoms. The first-order valence-corrected chi connectivity index (χ1v) is 6.98. The van der Waals surface area contributed by atoms with Crippen LogP contribution >= 0.6 is 0 Å². The predicted octanol–water partition coefficient (Wildman–Crippen LogP) is -0.207. The highest BCUT2D eigenvalue weighted by Crippen LogP contribution is 1.97. The van der Waals surface area contributed by atoms with Gasteiger partial charge < -0.3 is 19.2 Å². The maximum atomic E-state index is 11.9. The van der Waals surface area contributed by atoms with Crippen LogP contribution in [0, 0.1) is 0 Å². The molecule has 0 aromatic carbocycles. The fourth-order valence-electron chi connectivity index (χ4n) is 1.96. The number of carbonyl (C=O) groups is 1. The van der Waals surface area contributed by atoms with E-state index in [9.17, 15) is 9.59 Å². The third-order valence-corrected chi connectivity index (χ3v) is 3.10. The number of pyridine rings is 1. The Bertz CT molecular complexity index is 664. The van der Waals surface area contributed by atoms with Crippen LogP contribution in [0.3, 0.4) is 0 Å². The number of hydrogen-bond acceptors (Lipinski definition) is 5. The van der Waals surface area contributed by atoms with E-state index in [0.717, 1.165) is 13.0 Å². The van der Waals surface area contributed by atoms with Gasteiger partial charge in [0.05, 0.1) is 6.54 Å². The predicted molar refractivity (Wildman–Crippen MR) is 79.1 cm³/mol. The Morgan fingerprint density at radius 1 is 1.36 bits per heavy atom. The second kappa shape index (κ2) is 8.08. The largest absolute Gasteiger partial charge is 0.385 e. The third-order valence-electron chi connectivity index (χ3n) is 3.10. The summed E-state index contributed by atoms with van der Waals surface area (Å²) in [5.41, 5.74) is -0.208. The van der Waals surface area contributed by atoms with Crippen LogP contribution in [0.2, 0.25) is 0 Å². The van der Waals surface area contributed by atoms with Gasteiger partial charge >= 0.3 is 0 Å². The van der Waals surface area contributed by atoms with Crippen molar-refractivity contribution in [2.24, 2.45) is 0 Å². The first-order valence-electron chi connectivity index (χ1n) is 6.98. The summed E-state index contributed by atoms with van der Waals surface area (Å²) in [6.07, 6.45) is 4.04. The molecule has 0 fully saturated rings. The fraction of sp³-hybridized carbons (Fsp3) is 0.429. The molecule has 2 rings (SSSR count). The van der Waals surface area contributed by atoms with Crippen molar-refractivity contribution in [3.8, 4) is 0 Å². The summed E-state index contributed by atoms with van der Waals surface area (Å²) in [7, 11) is 1.65. The molecule has 8 heteroatoms. The molecule has 22 heavy (non-hydrogen) atoms. The number of nitrogens with one attached hydrogen (secondary N) is 1. The normalized spacial score (nSPS) is 10.6. The van der Waals surface area contributed by atoms with Crippen molar-refractivity contribution >= 4 is 5.91 Å². The van der Waals surface area contributed by atoms with Gasteiger partial charge in [-0.1, -0.05) is 6.07 Å². The number of nitrogens with zero attached hydrogens (tertiary/aromatic N) is 4. The first kappa shape index (κ1) is 15.9. The molecule has 0 aliphatic heterocycles. The van der Waals surface area contributed by atoms with E-state index in [1.165, 1.54) is 10.6 Å². The summed E-state index contributed by atoms with van der Waals surface area (Å²) >= 11 is 0. The van der Waals surface area contributed by atoms with Crippen molar-refractivity contribution in [2.45, 2.75) is 26.1 Å². The van der Waals surface area contributed by atoms with Gasteiger partial charge in [0, 0.05) is 32.5 Å². The minimum absolute atomic E-state index is 0.0164. The highest BCUT2D eigenvalue weighted by molar-refractivity contribution is 5.75. The van der Waals surface area contributed by atoms with Crippen molar-refractivity contribution in [3.05, 3.63) is 46.9 Å². The zero-order valence-corrected chi connectivity index (χ0v) is 12.4. The molecular formula is C14H19N5O3. The Kier molecular flexibility index (Phi) is 5.84. The summed E-state index contributed by atoms with van der Waals surface area (Å²) in [5.74, 6) is 0.421. The van der Waals surface area contributed by atoms with Crippen LogP contribution in [0.25, 0.3) is 0 Å². The van der Waals surface area contributed by atoms with Gasteiger partial charge in [0.1, 0.15) is 12.9 Å². The number of rotatable bonds is 8. The Balaban J connectivity index is 1.85. The zero-order valence-electron chi connectivity index (χ0n) is 12.4. The number of hydrogen-bond donors (Lipinski definition) is 1. The topological polar surface area (TPSA) is 91.0 Å². The van der Waals surface area contributed by atoms with Gasteiger partial charge in [-0.2, -0.15) is 0 Å². The van der Waals surface area contributed by atoms with Gasteiger partial charge in [-0.05, 0) is 12.5 Å². The number of amides is 1. The number of aryl methyl sites for hydroxylation is 1. The molecular weight excluding hydrogens is 286 g/mol. The molecule has 1 N–H and O–H groups in total. The lowest BCUT2D eigenvalue weighted by molar-refractivity contribution is -0.121. The van der Waals surface area contributed by atoms with E-state index in [1.807, 2.05) is 4.57 Å². The van der Waals surface area contributed by atoms with Crippen LogP contribution in [0.4, 0.5) is 0 Å². The average Bonchev–Trinajstić information content (AvgIpc) is 2.95. The molecule has 2 aromatic heterocycles. The van der Waals surface area contributed by atoms with Crippen molar-refractivity contribution in [1.82, 2.24) is 24.6 Å². The molecule has 2 aromatic rings. The SMILES string of the molecule is COCCCn1cnnc1CNC(=O)Cn1ccccc1=O. The van der Waals surface area contributed by atoms with Crippen LogP contribution in [0.15, 0.2) is 35.5 Å². The zero-order chi connectivity index (χ0) is 15.8. The van der Waals surface area contributed by atoms with Crippen LogP contribution in [-0.4, -0.2) is 39.0 Å². The maximum absolute atomic E-state index is 11.9. The smallest absolute Gasteiger partial charge is 0.250 e. The van der Waals surface area contributed by atoms with E-state index in [1.54, 1.807) is 31.8 Å². The molecule has 0 atom stereocenters. The Labute approximate surface area is 127 Å². The molecule has 0 saturated heterocycles. The molecule has 0 saturated carbocycles. The monoisotopic (exact) mass is 305 g/mol. The number of ether oxygens (including phenoxy) is 1. The summed E-state index contributed by atoms with van der Waals surface area (Å²) in [5, 5.41) is 10.6. The van der Waals surface area contributed by atoms with E-state index >= 15 is 0 Å². The van der Waals surface area contributed by atoms with Gasteiger partial charge in [-0.25, -0.2) is 0 Å². The minimum Gasteiger partial charge on any atom is -0.385 e. The summed E-state index contributed by atoms with van der Waals surface area (Å²) < 4.78 is 8.21. The number of aromatic nitrogens is 4. The molecule has 118 valence electrons. The first-order chi connectivity index (χ1) is 10.7. The Morgan fingerprint density at radius 2 is 2.23 bits per heavy atom. The summed E-state index contributed by atoms with van der Waals surface area (Å²) in [6.45, 7) is 1.63. The van der Waals surface area contributed by atoms with Gasteiger partial charge in [-0.3, -0.25) is 9.59 Å². The second-order valence-corrected chi connectivity index (χ2v) is 4.73. The highest BCUT2D eigenvalue weighted by Gasteiger charge is 2.08.